The van der Waals surface area contributed by atoms with Gasteiger partial charge in [-0.25, -0.2) is 0 Å². The van der Waals surface area contributed by atoms with E-state index in [-0.39, 0.29) is 18.2 Å². The predicted octanol–water partition coefficient (Wildman–Crippen LogP) is 1.22. The van der Waals surface area contributed by atoms with E-state index < -0.39 is 18.0 Å². The zero-order valence-corrected chi connectivity index (χ0v) is 11.7. The Morgan fingerprint density at radius 2 is 1.84 bits per heavy atom. The number of carbonyl (C=O) groups is 2. The molecule has 0 aliphatic rings. The van der Waals surface area contributed by atoms with Crippen LogP contribution in [0.3, 0.4) is 0 Å². The largest absolute Gasteiger partial charge is 0.493 e. The second kappa shape index (κ2) is 7.60. The lowest BCUT2D eigenvalue weighted by Crippen LogP contribution is -2.22. The highest BCUT2D eigenvalue weighted by atomic mass is 35.5. The molecule has 0 saturated carbocycles. The summed E-state index contributed by atoms with van der Waals surface area (Å²) < 4.78 is 14.5. The van der Waals surface area contributed by atoms with Crippen molar-refractivity contribution in [1.82, 2.24) is 0 Å². The minimum atomic E-state index is -0.907. The SMILES string of the molecule is COC(=O)[C@@H](N)c1ccc(OC(C)=O)c(OC)c1.Cl. The van der Waals surface area contributed by atoms with Crippen molar-refractivity contribution in [3.8, 4) is 11.5 Å². The van der Waals surface area contributed by atoms with Gasteiger partial charge in [-0.3, -0.25) is 9.59 Å². The highest BCUT2D eigenvalue weighted by molar-refractivity contribution is 5.85. The standard InChI is InChI=1S/C12H15NO5.ClH/c1-7(14)18-9-5-4-8(6-10(9)16-2)11(13)12(15)17-3;/h4-6,11H,13H2,1-3H3;1H/t11-;/m0./s1. The average molecular weight is 290 g/mol. The third kappa shape index (κ3) is 4.42. The first-order valence-electron chi connectivity index (χ1n) is 5.19. The topological polar surface area (TPSA) is 87.9 Å². The van der Waals surface area contributed by atoms with Crippen LogP contribution in [-0.2, 0) is 14.3 Å². The molecule has 0 unspecified atom stereocenters. The van der Waals surface area contributed by atoms with E-state index in [2.05, 4.69) is 4.74 Å². The molecule has 106 valence electrons. The van der Waals surface area contributed by atoms with Crippen molar-refractivity contribution in [2.45, 2.75) is 13.0 Å². The van der Waals surface area contributed by atoms with Crippen molar-refractivity contribution in [3.05, 3.63) is 23.8 Å². The van der Waals surface area contributed by atoms with Gasteiger partial charge in [0.05, 0.1) is 14.2 Å². The number of hydrogen-bond donors (Lipinski definition) is 1. The van der Waals surface area contributed by atoms with E-state index in [1.165, 1.54) is 33.3 Å². The van der Waals surface area contributed by atoms with Crippen LogP contribution < -0.4 is 15.2 Å². The number of halogens is 1. The molecule has 1 rings (SSSR count). The third-order valence-electron chi connectivity index (χ3n) is 2.26. The summed E-state index contributed by atoms with van der Waals surface area (Å²) >= 11 is 0. The smallest absolute Gasteiger partial charge is 0.327 e. The zero-order chi connectivity index (χ0) is 13.7. The number of hydrogen-bond acceptors (Lipinski definition) is 6. The van der Waals surface area contributed by atoms with Gasteiger partial charge in [0.25, 0.3) is 0 Å². The number of carbonyl (C=O) groups excluding carboxylic acids is 2. The monoisotopic (exact) mass is 289 g/mol. The first-order chi connectivity index (χ1) is 8.49. The lowest BCUT2D eigenvalue weighted by atomic mass is 10.1. The molecular formula is C12H16ClNO5. The fraction of sp³-hybridized carbons (Fsp3) is 0.333. The molecule has 0 aliphatic heterocycles. The van der Waals surface area contributed by atoms with Crippen molar-refractivity contribution in [3.63, 3.8) is 0 Å². The van der Waals surface area contributed by atoms with Crippen LogP contribution in [-0.4, -0.2) is 26.2 Å². The van der Waals surface area contributed by atoms with Crippen LogP contribution in [0, 0.1) is 0 Å². The molecule has 0 radical (unpaired) electrons. The van der Waals surface area contributed by atoms with Gasteiger partial charge in [-0.2, -0.15) is 0 Å². The molecule has 0 bridgehead atoms. The highest BCUT2D eigenvalue weighted by Crippen LogP contribution is 2.30. The molecule has 6 nitrogen and oxygen atoms in total. The number of methoxy groups -OCH3 is 2. The van der Waals surface area contributed by atoms with Gasteiger partial charge >= 0.3 is 11.9 Å². The third-order valence-corrected chi connectivity index (χ3v) is 2.26. The Morgan fingerprint density at radius 1 is 1.21 bits per heavy atom. The number of benzene rings is 1. The summed E-state index contributed by atoms with van der Waals surface area (Å²) in [6.45, 7) is 1.29. The van der Waals surface area contributed by atoms with Crippen LogP contribution >= 0.6 is 12.4 Å². The van der Waals surface area contributed by atoms with Gasteiger partial charge in [-0.05, 0) is 17.7 Å². The number of ether oxygens (including phenoxy) is 3. The van der Waals surface area contributed by atoms with Crippen LogP contribution in [0.1, 0.15) is 18.5 Å². The molecule has 1 atom stereocenters. The van der Waals surface area contributed by atoms with Crippen LogP contribution in [0.2, 0.25) is 0 Å². The first kappa shape index (κ1) is 17.2. The molecule has 0 saturated heterocycles. The Bertz CT molecular complexity index is 463. The molecule has 1 aromatic carbocycles. The predicted molar refractivity (Wildman–Crippen MR) is 70.5 cm³/mol. The first-order valence-corrected chi connectivity index (χ1v) is 5.19. The van der Waals surface area contributed by atoms with E-state index in [0.29, 0.717) is 11.3 Å². The average Bonchev–Trinajstić information content (AvgIpc) is 2.36. The summed E-state index contributed by atoms with van der Waals surface area (Å²) in [6, 6.07) is 3.70. The maximum Gasteiger partial charge on any atom is 0.327 e. The molecule has 0 spiro atoms. The van der Waals surface area contributed by atoms with Gasteiger partial charge in [0.15, 0.2) is 11.5 Å². The van der Waals surface area contributed by atoms with Crippen molar-refractivity contribution in [1.29, 1.82) is 0 Å². The minimum absolute atomic E-state index is 0. The quantitative estimate of drug-likeness (QED) is 0.662. The highest BCUT2D eigenvalue weighted by Gasteiger charge is 2.18. The molecular weight excluding hydrogens is 274 g/mol. The summed E-state index contributed by atoms with van der Waals surface area (Å²) in [5.74, 6) is -0.427. The lowest BCUT2D eigenvalue weighted by Gasteiger charge is -2.13. The van der Waals surface area contributed by atoms with Crippen molar-refractivity contribution >= 4 is 24.3 Å². The molecule has 0 heterocycles. The second-order valence-electron chi connectivity index (χ2n) is 3.50. The number of esters is 2. The van der Waals surface area contributed by atoms with E-state index in [9.17, 15) is 9.59 Å². The molecule has 19 heavy (non-hydrogen) atoms. The summed E-state index contributed by atoms with van der Waals surface area (Å²) in [5.41, 5.74) is 6.19. The summed E-state index contributed by atoms with van der Waals surface area (Å²) in [4.78, 5) is 22.2. The molecule has 0 amide bonds. The zero-order valence-electron chi connectivity index (χ0n) is 10.8. The van der Waals surface area contributed by atoms with Gasteiger partial charge in [-0.15, -0.1) is 12.4 Å². The Hall–Kier alpha value is -1.79. The van der Waals surface area contributed by atoms with Gasteiger partial charge in [-0.1, -0.05) is 6.07 Å². The van der Waals surface area contributed by atoms with Crippen LogP contribution in [0.4, 0.5) is 0 Å². The summed E-state index contributed by atoms with van der Waals surface area (Å²) in [7, 11) is 2.68. The van der Waals surface area contributed by atoms with Crippen LogP contribution in [0.5, 0.6) is 11.5 Å². The van der Waals surface area contributed by atoms with Gasteiger partial charge in [0.2, 0.25) is 0 Å². The molecule has 2 N–H and O–H groups in total. The summed E-state index contributed by atoms with van der Waals surface area (Å²) in [5, 5.41) is 0. The van der Waals surface area contributed by atoms with E-state index in [0.717, 1.165) is 0 Å². The Labute approximate surface area is 117 Å². The summed E-state index contributed by atoms with van der Waals surface area (Å²) in [6.07, 6.45) is 0. The van der Waals surface area contributed by atoms with E-state index in [1.54, 1.807) is 6.07 Å². The molecule has 0 aromatic heterocycles. The minimum Gasteiger partial charge on any atom is -0.493 e. The van der Waals surface area contributed by atoms with Crippen molar-refractivity contribution in [2.75, 3.05) is 14.2 Å². The molecule has 0 aliphatic carbocycles. The Balaban J connectivity index is 0.00000324. The Morgan fingerprint density at radius 3 is 2.32 bits per heavy atom. The van der Waals surface area contributed by atoms with Crippen molar-refractivity contribution in [2.24, 2.45) is 5.73 Å². The lowest BCUT2D eigenvalue weighted by molar-refractivity contribution is -0.142. The second-order valence-corrected chi connectivity index (χ2v) is 3.50. The van der Waals surface area contributed by atoms with Gasteiger partial charge in [0.1, 0.15) is 6.04 Å². The van der Waals surface area contributed by atoms with E-state index >= 15 is 0 Å². The van der Waals surface area contributed by atoms with Gasteiger partial charge in [0, 0.05) is 6.92 Å². The number of rotatable bonds is 4. The Kier molecular flexibility index (Phi) is 6.89. The van der Waals surface area contributed by atoms with Crippen LogP contribution in [0.25, 0.3) is 0 Å². The van der Waals surface area contributed by atoms with Crippen LogP contribution in [0.15, 0.2) is 18.2 Å². The molecule has 1 aromatic rings. The fourth-order valence-corrected chi connectivity index (χ4v) is 1.38. The number of nitrogens with two attached hydrogens (primary N) is 1. The fourth-order valence-electron chi connectivity index (χ4n) is 1.38. The molecule has 7 heteroatoms. The maximum atomic E-state index is 11.3. The van der Waals surface area contributed by atoms with Gasteiger partial charge < -0.3 is 19.9 Å². The van der Waals surface area contributed by atoms with Crippen molar-refractivity contribution < 1.29 is 23.8 Å². The van der Waals surface area contributed by atoms with E-state index in [1.807, 2.05) is 0 Å². The molecule has 0 fully saturated rings. The van der Waals surface area contributed by atoms with E-state index in [4.69, 9.17) is 15.2 Å². The maximum absolute atomic E-state index is 11.3. The normalized spacial score (nSPS) is 10.9.